The van der Waals surface area contributed by atoms with Gasteiger partial charge in [-0.3, -0.25) is 4.79 Å². The van der Waals surface area contributed by atoms with E-state index in [0.717, 1.165) is 24.6 Å². The monoisotopic (exact) mass is 300 g/mol. The molecular formula is C12H20N4OS2. The van der Waals surface area contributed by atoms with Crippen LogP contribution in [0.1, 0.15) is 42.4 Å². The van der Waals surface area contributed by atoms with Crippen LogP contribution >= 0.6 is 23.1 Å². The molecule has 1 aromatic heterocycles. The largest absolute Gasteiger partial charge is 0.360 e. The fourth-order valence-electron chi connectivity index (χ4n) is 2.23. The Morgan fingerprint density at radius 2 is 2.11 bits per heavy atom. The number of carbonyl (C=O) groups excluding carboxylic acids is 1. The van der Waals surface area contributed by atoms with Crippen LogP contribution in [0.15, 0.2) is 0 Å². The van der Waals surface area contributed by atoms with Crippen molar-refractivity contribution in [2.75, 3.05) is 18.1 Å². The van der Waals surface area contributed by atoms with E-state index in [2.05, 4.69) is 27.1 Å². The van der Waals surface area contributed by atoms with Crippen molar-refractivity contribution in [3.05, 3.63) is 5.01 Å². The molecule has 1 aliphatic carbocycles. The van der Waals surface area contributed by atoms with Gasteiger partial charge < -0.3 is 10.6 Å². The van der Waals surface area contributed by atoms with E-state index in [1.54, 1.807) is 0 Å². The molecular weight excluding hydrogens is 280 g/mol. The minimum absolute atomic E-state index is 0.0887. The number of hydrogen-bond acceptors (Lipinski definition) is 6. The number of nitrogens with one attached hydrogen (secondary N) is 2. The lowest BCUT2D eigenvalue weighted by Gasteiger charge is -2.27. The van der Waals surface area contributed by atoms with Gasteiger partial charge in [0.2, 0.25) is 10.1 Å². The molecule has 2 rings (SSSR count). The van der Waals surface area contributed by atoms with Crippen molar-refractivity contribution in [3.63, 3.8) is 0 Å². The second-order valence-electron chi connectivity index (χ2n) is 4.63. The summed E-state index contributed by atoms with van der Waals surface area (Å²) in [6.07, 6.45) is 6.66. The first-order valence-electron chi connectivity index (χ1n) is 6.64. The normalized spacial score (nSPS) is 23.1. The average Bonchev–Trinajstić information content (AvgIpc) is 2.89. The third-order valence-corrected chi connectivity index (χ3v) is 5.31. The molecule has 0 spiro atoms. The number of thioether (sulfide) groups is 1. The number of carbonyl (C=O) groups is 1. The lowest BCUT2D eigenvalue weighted by molar-refractivity contribution is 0.0927. The molecule has 1 heterocycles. The predicted molar refractivity (Wildman–Crippen MR) is 81.1 cm³/mol. The molecule has 0 aliphatic heterocycles. The van der Waals surface area contributed by atoms with Crippen LogP contribution in [0.5, 0.6) is 0 Å². The molecule has 1 amide bonds. The van der Waals surface area contributed by atoms with Crippen molar-refractivity contribution in [2.24, 2.45) is 0 Å². The predicted octanol–water partition coefficient (Wildman–Crippen LogP) is 2.37. The van der Waals surface area contributed by atoms with Gasteiger partial charge in [0.05, 0.1) is 0 Å². The fraction of sp³-hybridized carbons (Fsp3) is 0.750. The lowest BCUT2D eigenvalue weighted by atomic mass is 9.95. The van der Waals surface area contributed by atoms with Crippen LogP contribution in [-0.4, -0.2) is 40.2 Å². The zero-order valence-electron chi connectivity index (χ0n) is 11.3. The van der Waals surface area contributed by atoms with E-state index < -0.39 is 0 Å². The van der Waals surface area contributed by atoms with Crippen LogP contribution in [0.2, 0.25) is 0 Å². The summed E-state index contributed by atoms with van der Waals surface area (Å²) in [5.74, 6) is -0.0887. The standard InChI is InChI=1S/C12H20N4OS2/c1-3-13-12-16-15-11(19-12)10(17)14-8-4-6-9(18-2)7-5-8/h8-9H,3-7H2,1-2H3,(H,13,16)(H,14,17). The number of anilines is 1. The van der Waals surface area contributed by atoms with Gasteiger partial charge in [-0.2, -0.15) is 11.8 Å². The molecule has 0 atom stereocenters. The van der Waals surface area contributed by atoms with Crippen molar-refractivity contribution in [1.82, 2.24) is 15.5 Å². The second-order valence-corrected chi connectivity index (χ2v) is 6.74. The first-order valence-corrected chi connectivity index (χ1v) is 8.74. The summed E-state index contributed by atoms with van der Waals surface area (Å²) < 4.78 is 0. The summed E-state index contributed by atoms with van der Waals surface area (Å²) in [6, 6.07) is 0.294. The molecule has 7 heteroatoms. The minimum atomic E-state index is -0.0887. The number of rotatable bonds is 5. The quantitative estimate of drug-likeness (QED) is 0.874. The highest BCUT2D eigenvalue weighted by Crippen LogP contribution is 2.27. The van der Waals surface area contributed by atoms with E-state index in [-0.39, 0.29) is 5.91 Å². The Hall–Kier alpha value is -0.820. The van der Waals surface area contributed by atoms with Crippen molar-refractivity contribution in [3.8, 4) is 0 Å². The minimum Gasteiger partial charge on any atom is -0.360 e. The Labute approximate surface area is 122 Å². The Balaban J connectivity index is 1.83. The van der Waals surface area contributed by atoms with E-state index >= 15 is 0 Å². The van der Waals surface area contributed by atoms with Gasteiger partial charge >= 0.3 is 0 Å². The van der Waals surface area contributed by atoms with Crippen LogP contribution in [0.3, 0.4) is 0 Å². The highest BCUT2D eigenvalue weighted by Gasteiger charge is 2.23. The topological polar surface area (TPSA) is 66.9 Å². The zero-order valence-corrected chi connectivity index (χ0v) is 12.9. The fourth-order valence-corrected chi connectivity index (χ4v) is 3.69. The number of hydrogen-bond donors (Lipinski definition) is 2. The molecule has 19 heavy (non-hydrogen) atoms. The van der Waals surface area contributed by atoms with Gasteiger partial charge in [0.15, 0.2) is 0 Å². The molecule has 0 aromatic carbocycles. The molecule has 0 unspecified atom stereocenters. The summed E-state index contributed by atoms with van der Waals surface area (Å²) in [5, 5.41) is 15.9. The van der Waals surface area contributed by atoms with Gasteiger partial charge in [0.1, 0.15) is 0 Å². The SMILES string of the molecule is CCNc1nnc(C(=O)NC2CCC(SC)CC2)s1. The van der Waals surface area contributed by atoms with Crippen LogP contribution in [0.25, 0.3) is 0 Å². The highest BCUT2D eigenvalue weighted by atomic mass is 32.2. The smallest absolute Gasteiger partial charge is 0.282 e. The van der Waals surface area contributed by atoms with Gasteiger partial charge in [0.25, 0.3) is 5.91 Å². The van der Waals surface area contributed by atoms with E-state index in [1.165, 1.54) is 24.2 Å². The highest BCUT2D eigenvalue weighted by molar-refractivity contribution is 7.99. The van der Waals surface area contributed by atoms with Crippen molar-refractivity contribution >= 4 is 34.1 Å². The maximum absolute atomic E-state index is 12.0. The van der Waals surface area contributed by atoms with Crippen LogP contribution in [-0.2, 0) is 0 Å². The molecule has 0 saturated heterocycles. The van der Waals surface area contributed by atoms with Crippen LogP contribution in [0.4, 0.5) is 5.13 Å². The van der Waals surface area contributed by atoms with Crippen LogP contribution in [0, 0.1) is 0 Å². The Morgan fingerprint density at radius 1 is 1.37 bits per heavy atom. The van der Waals surface area contributed by atoms with Gasteiger partial charge in [-0.25, -0.2) is 0 Å². The van der Waals surface area contributed by atoms with Gasteiger partial charge in [-0.05, 0) is 38.9 Å². The summed E-state index contributed by atoms with van der Waals surface area (Å²) in [5.41, 5.74) is 0. The average molecular weight is 300 g/mol. The molecule has 2 N–H and O–H groups in total. The first-order chi connectivity index (χ1) is 9.22. The summed E-state index contributed by atoms with van der Waals surface area (Å²) in [6.45, 7) is 2.78. The Morgan fingerprint density at radius 3 is 2.74 bits per heavy atom. The van der Waals surface area contributed by atoms with E-state index in [4.69, 9.17) is 0 Å². The van der Waals surface area contributed by atoms with Crippen LogP contribution < -0.4 is 10.6 Å². The Bertz CT molecular complexity index is 416. The third-order valence-electron chi connectivity index (χ3n) is 3.29. The lowest BCUT2D eigenvalue weighted by Crippen LogP contribution is -2.38. The molecule has 0 bridgehead atoms. The number of nitrogens with zero attached hydrogens (tertiary/aromatic N) is 2. The van der Waals surface area contributed by atoms with Gasteiger partial charge in [-0.1, -0.05) is 11.3 Å². The molecule has 1 fully saturated rings. The summed E-state index contributed by atoms with van der Waals surface area (Å²) in [7, 11) is 0. The molecule has 1 aromatic rings. The van der Waals surface area contributed by atoms with E-state index in [0.29, 0.717) is 16.2 Å². The van der Waals surface area contributed by atoms with E-state index in [9.17, 15) is 4.79 Å². The summed E-state index contributed by atoms with van der Waals surface area (Å²) >= 11 is 3.24. The second kappa shape index (κ2) is 7.09. The molecule has 1 saturated carbocycles. The van der Waals surface area contributed by atoms with Gasteiger partial charge in [0, 0.05) is 17.8 Å². The zero-order chi connectivity index (χ0) is 13.7. The Kier molecular flexibility index (Phi) is 5.45. The maximum Gasteiger partial charge on any atom is 0.282 e. The molecule has 106 valence electrons. The van der Waals surface area contributed by atoms with E-state index in [1.807, 2.05) is 18.7 Å². The number of aromatic nitrogens is 2. The van der Waals surface area contributed by atoms with Crippen molar-refractivity contribution < 1.29 is 4.79 Å². The maximum atomic E-state index is 12.0. The van der Waals surface area contributed by atoms with Crippen molar-refractivity contribution in [2.45, 2.75) is 43.9 Å². The first kappa shape index (κ1) is 14.6. The third kappa shape index (κ3) is 4.07. The number of amides is 1. The summed E-state index contributed by atoms with van der Waals surface area (Å²) in [4.78, 5) is 12.0. The molecule has 0 radical (unpaired) electrons. The van der Waals surface area contributed by atoms with Gasteiger partial charge in [-0.15, -0.1) is 10.2 Å². The molecule has 1 aliphatic rings. The molecule has 5 nitrogen and oxygen atoms in total. The van der Waals surface area contributed by atoms with Crippen molar-refractivity contribution in [1.29, 1.82) is 0 Å².